The maximum Gasteiger partial charge on any atom is 0.0755 e. The van der Waals surface area contributed by atoms with E-state index in [1.165, 1.54) is 0 Å². The zero-order valence-electron chi connectivity index (χ0n) is 8.48. The lowest BCUT2D eigenvalue weighted by molar-refractivity contribution is 0.226. The van der Waals surface area contributed by atoms with Crippen LogP contribution in [0.4, 0.5) is 0 Å². The van der Waals surface area contributed by atoms with E-state index in [4.69, 9.17) is 5.11 Å². The van der Waals surface area contributed by atoms with Crippen molar-refractivity contribution < 1.29 is 10.2 Å². The monoisotopic (exact) mass is 184 g/mol. The SMILES string of the molecule is C/C=C/[C@H](O)C/C=C\[C@H](C)CCO. The van der Waals surface area contributed by atoms with E-state index in [2.05, 4.69) is 6.92 Å². The van der Waals surface area contributed by atoms with Gasteiger partial charge >= 0.3 is 0 Å². The normalized spacial score (nSPS) is 16.9. The average molecular weight is 184 g/mol. The van der Waals surface area contributed by atoms with Crippen molar-refractivity contribution in [2.75, 3.05) is 6.61 Å². The molecule has 2 N–H and O–H groups in total. The van der Waals surface area contributed by atoms with Crippen LogP contribution in [-0.2, 0) is 0 Å². The van der Waals surface area contributed by atoms with Crippen LogP contribution in [0, 0.1) is 5.92 Å². The van der Waals surface area contributed by atoms with Crippen molar-refractivity contribution in [2.45, 2.75) is 32.8 Å². The quantitative estimate of drug-likeness (QED) is 0.619. The van der Waals surface area contributed by atoms with Crippen molar-refractivity contribution >= 4 is 0 Å². The molecule has 0 rings (SSSR count). The van der Waals surface area contributed by atoms with Crippen LogP contribution in [0.1, 0.15) is 26.7 Å². The van der Waals surface area contributed by atoms with E-state index in [9.17, 15) is 5.11 Å². The summed E-state index contributed by atoms with van der Waals surface area (Å²) in [5, 5.41) is 17.9. The number of aliphatic hydroxyl groups is 2. The maximum atomic E-state index is 9.30. The topological polar surface area (TPSA) is 40.5 Å². The van der Waals surface area contributed by atoms with Gasteiger partial charge in [0.05, 0.1) is 6.10 Å². The highest BCUT2D eigenvalue weighted by Gasteiger charge is 1.96. The first-order valence-electron chi connectivity index (χ1n) is 4.79. The number of rotatable bonds is 6. The Kier molecular flexibility index (Phi) is 7.65. The molecule has 0 fully saturated rings. The minimum absolute atomic E-state index is 0.225. The first kappa shape index (κ1) is 12.4. The Morgan fingerprint density at radius 3 is 2.54 bits per heavy atom. The van der Waals surface area contributed by atoms with E-state index in [1.54, 1.807) is 6.08 Å². The largest absolute Gasteiger partial charge is 0.396 e. The van der Waals surface area contributed by atoms with Gasteiger partial charge in [-0.15, -0.1) is 0 Å². The highest BCUT2D eigenvalue weighted by Crippen LogP contribution is 2.04. The Balaban J connectivity index is 3.61. The van der Waals surface area contributed by atoms with Gasteiger partial charge in [-0.25, -0.2) is 0 Å². The molecule has 0 radical (unpaired) electrons. The number of allylic oxidation sites excluding steroid dienone is 2. The van der Waals surface area contributed by atoms with Crippen LogP contribution in [0.2, 0.25) is 0 Å². The standard InChI is InChI=1S/C11H20O2/c1-3-5-11(13)7-4-6-10(2)8-9-12/h3-6,10-13H,7-9H2,1-2H3/b5-3+,6-4-/t10-,11-/m0/s1. The van der Waals surface area contributed by atoms with Crippen LogP contribution in [-0.4, -0.2) is 22.9 Å². The fourth-order valence-electron chi connectivity index (χ4n) is 1.05. The van der Waals surface area contributed by atoms with Gasteiger partial charge in [0.1, 0.15) is 0 Å². The van der Waals surface area contributed by atoms with Gasteiger partial charge in [-0.1, -0.05) is 31.2 Å². The highest BCUT2D eigenvalue weighted by atomic mass is 16.3. The fourth-order valence-corrected chi connectivity index (χ4v) is 1.05. The lowest BCUT2D eigenvalue weighted by atomic mass is 10.1. The average Bonchev–Trinajstić information content (AvgIpc) is 2.05. The molecule has 2 nitrogen and oxygen atoms in total. The van der Waals surface area contributed by atoms with Crippen molar-refractivity contribution in [3.05, 3.63) is 24.3 Å². The maximum absolute atomic E-state index is 9.30. The first-order valence-corrected chi connectivity index (χ1v) is 4.79. The molecule has 2 atom stereocenters. The second-order valence-electron chi connectivity index (χ2n) is 3.25. The summed E-state index contributed by atoms with van der Waals surface area (Å²) in [6, 6.07) is 0. The second-order valence-corrected chi connectivity index (χ2v) is 3.25. The minimum atomic E-state index is -0.373. The van der Waals surface area contributed by atoms with Crippen molar-refractivity contribution in [3.63, 3.8) is 0 Å². The fraction of sp³-hybridized carbons (Fsp3) is 0.636. The predicted molar refractivity (Wildman–Crippen MR) is 55.4 cm³/mol. The molecule has 0 aliphatic rings. The molecule has 0 heterocycles. The molecular weight excluding hydrogens is 164 g/mol. The van der Waals surface area contributed by atoms with E-state index >= 15 is 0 Å². The van der Waals surface area contributed by atoms with Crippen molar-refractivity contribution in [3.8, 4) is 0 Å². The molecule has 0 saturated heterocycles. The Hall–Kier alpha value is -0.600. The molecule has 13 heavy (non-hydrogen) atoms. The number of hydrogen-bond acceptors (Lipinski definition) is 2. The summed E-state index contributed by atoms with van der Waals surface area (Å²) in [6.45, 7) is 4.17. The summed E-state index contributed by atoms with van der Waals surface area (Å²) in [6.07, 6.45) is 8.67. The minimum Gasteiger partial charge on any atom is -0.396 e. The van der Waals surface area contributed by atoms with E-state index in [0.717, 1.165) is 6.42 Å². The molecule has 0 aromatic heterocycles. The molecule has 0 aromatic carbocycles. The third-order valence-corrected chi connectivity index (χ3v) is 1.84. The predicted octanol–water partition coefficient (Wildman–Crippen LogP) is 1.89. The molecule has 0 spiro atoms. The summed E-state index contributed by atoms with van der Waals surface area (Å²) in [4.78, 5) is 0. The summed E-state index contributed by atoms with van der Waals surface area (Å²) < 4.78 is 0. The van der Waals surface area contributed by atoms with Gasteiger partial charge in [0, 0.05) is 6.61 Å². The Labute approximate surface area is 80.6 Å². The molecule has 0 aromatic rings. The van der Waals surface area contributed by atoms with Crippen LogP contribution in [0.5, 0.6) is 0 Å². The summed E-state index contributed by atoms with van der Waals surface area (Å²) >= 11 is 0. The Morgan fingerprint density at radius 1 is 1.31 bits per heavy atom. The smallest absolute Gasteiger partial charge is 0.0755 e. The highest BCUT2D eigenvalue weighted by molar-refractivity contribution is 4.94. The van der Waals surface area contributed by atoms with E-state index in [0.29, 0.717) is 12.3 Å². The molecule has 2 heteroatoms. The van der Waals surface area contributed by atoms with E-state index < -0.39 is 0 Å². The van der Waals surface area contributed by atoms with Gasteiger partial charge in [0.15, 0.2) is 0 Å². The molecule has 76 valence electrons. The van der Waals surface area contributed by atoms with Gasteiger partial charge in [0.2, 0.25) is 0 Å². The van der Waals surface area contributed by atoms with Crippen molar-refractivity contribution in [2.24, 2.45) is 5.92 Å². The van der Waals surface area contributed by atoms with Gasteiger partial charge < -0.3 is 10.2 Å². The molecule has 0 amide bonds. The lowest BCUT2D eigenvalue weighted by Gasteiger charge is -2.03. The van der Waals surface area contributed by atoms with E-state index in [1.807, 2.05) is 25.2 Å². The number of hydrogen-bond donors (Lipinski definition) is 2. The third kappa shape index (κ3) is 7.75. The third-order valence-electron chi connectivity index (χ3n) is 1.84. The first-order chi connectivity index (χ1) is 6.20. The van der Waals surface area contributed by atoms with E-state index in [-0.39, 0.29) is 12.7 Å². The second kappa shape index (κ2) is 8.02. The number of aliphatic hydroxyl groups excluding tert-OH is 2. The Bertz CT molecular complexity index is 161. The molecular formula is C11H20O2. The Morgan fingerprint density at radius 2 is 2.00 bits per heavy atom. The molecule has 0 aliphatic heterocycles. The van der Waals surface area contributed by atoms with Gasteiger partial charge in [-0.2, -0.15) is 0 Å². The lowest BCUT2D eigenvalue weighted by Crippen LogP contribution is -2.00. The molecule has 0 bridgehead atoms. The van der Waals surface area contributed by atoms with Crippen LogP contribution >= 0.6 is 0 Å². The van der Waals surface area contributed by atoms with Gasteiger partial charge in [0.25, 0.3) is 0 Å². The summed E-state index contributed by atoms with van der Waals surface area (Å²) in [7, 11) is 0. The van der Waals surface area contributed by atoms with Crippen LogP contribution in [0.3, 0.4) is 0 Å². The zero-order chi connectivity index (χ0) is 10.1. The molecule has 0 unspecified atom stereocenters. The van der Waals surface area contributed by atoms with Crippen molar-refractivity contribution in [1.29, 1.82) is 0 Å². The van der Waals surface area contributed by atoms with Crippen LogP contribution in [0.15, 0.2) is 24.3 Å². The molecule has 0 saturated carbocycles. The van der Waals surface area contributed by atoms with Gasteiger partial charge in [-0.3, -0.25) is 0 Å². The van der Waals surface area contributed by atoms with Crippen LogP contribution < -0.4 is 0 Å². The molecule has 0 aliphatic carbocycles. The zero-order valence-corrected chi connectivity index (χ0v) is 8.48. The van der Waals surface area contributed by atoms with Crippen molar-refractivity contribution in [1.82, 2.24) is 0 Å². The summed E-state index contributed by atoms with van der Waals surface area (Å²) in [5.41, 5.74) is 0. The summed E-state index contributed by atoms with van der Waals surface area (Å²) in [5.74, 6) is 0.391. The van der Waals surface area contributed by atoms with Crippen LogP contribution in [0.25, 0.3) is 0 Å². The van der Waals surface area contributed by atoms with Gasteiger partial charge in [-0.05, 0) is 25.7 Å².